The van der Waals surface area contributed by atoms with Gasteiger partial charge in [0.25, 0.3) is 0 Å². The van der Waals surface area contributed by atoms with E-state index in [-0.39, 0.29) is 37.4 Å². The second-order valence-corrected chi connectivity index (χ2v) is 8.41. The average molecular weight is 523 g/mol. The Balaban J connectivity index is 2.13. The Kier molecular flexibility index (Phi) is 12.1. The van der Waals surface area contributed by atoms with Crippen LogP contribution in [0.3, 0.4) is 0 Å². The van der Waals surface area contributed by atoms with Crippen molar-refractivity contribution < 1.29 is 28.7 Å². The van der Waals surface area contributed by atoms with Crippen molar-refractivity contribution in [3.8, 4) is 0 Å². The molecule has 38 heavy (non-hydrogen) atoms. The normalized spacial score (nSPS) is 11.7. The van der Waals surface area contributed by atoms with E-state index >= 15 is 0 Å². The molecule has 0 aliphatic carbocycles. The summed E-state index contributed by atoms with van der Waals surface area (Å²) in [7, 11) is 0. The molecule has 2 rings (SSSR count). The SMILES string of the molecule is C=C(C)C(=O)OCCNC(=O)N[C@@H](c1ccccc1)[C@@H](NC(=O)NCCOC(=O)C(=C)C)c1ccccc1. The lowest BCUT2D eigenvalue weighted by atomic mass is 9.93. The summed E-state index contributed by atoms with van der Waals surface area (Å²) < 4.78 is 10.0. The van der Waals surface area contributed by atoms with Crippen LogP contribution in [0.15, 0.2) is 85.0 Å². The molecule has 4 N–H and O–H groups in total. The minimum Gasteiger partial charge on any atom is -0.460 e. The number of carbonyl (C=O) groups excluding carboxylic acids is 4. The maximum Gasteiger partial charge on any atom is 0.333 e. The molecule has 0 unspecified atom stereocenters. The second kappa shape index (κ2) is 15.5. The molecular formula is C28H34N4O6. The lowest BCUT2D eigenvalue weighted by Crippen LogP contribution is -2.47. The van der Waals surface area contributed by atoms with E-state index in [0.717, 1.165) is 11.1 Å². The van der Waals surface area contributed by atoms with Crippen LogP contribution in [0.4, 0.5) is 9.59 Å². The molecule has 0 saturated carbocycles. The molecule has 0 heterocycles. The second-order valence-electron chi connectivity index (χ2n) is 8.41. The highest BCUT2D eigenvalue weighted by molar-refractivity contribution is 5.87. The van der Waals surface area contributed by atoms with Crippen LogP contribution in [0.5, 0.6) is 0 Å². The number of ether oxygens (including phenoxy) is 2. The van der Waals surface area contributed by atoms with E-state index in [1.54, 1.807) is 0 Å². The Morgan fingerprint density at radius 3 is 1.32 bits per heavy atom. The van der Waals surface area contributed by atoms with Gasteiger partial charge in [-0.15, -0.1) is 0 Å². The van der Waals surface area contributed by atoms with E-state index < -0.39 is 36.1 Å². The van der Waals surface area contributed by atoms with Gasteiger partial charge in [-0.25, -0.2) is 19.2 Å². The van der Waals surface area contributed by atoms with Crippen molar-refractivity contribution in [3.63, 3.8) is 0 Å². The first-order valence-electron chi connectivity index (χ1n) is 12.0. The van der Waals surface area contributed by atoms with Crippen LogP contribution in [0, 0.1) is 0 Å². The van der Waals surface area contributed by atoms with Crippen molar-refractivity contribution in [2.24, 2.45) is 0 Å². The van der Waals surface area contributed by atoms with E-state index in [0.29, 0.717) is 0 Å². The van der Waals surface area contributed by atoms with Crippen molar-refractivity contribution in [1.82, 2.24) is 21.3 Å². The standard InChI is InChI=1S/C28H34N4O6/c1-19(2)25(33)37-17-15-29-27(35)31-23(21-11-7-5-8-12-21)24(22-13-9-6-10-14-22)32-28(36)30-16-18-38-26(34)20(3)4/h5-14,23-24H,1,3,15-18H2,2,4H3,(H2,29,31,35)(H2,30,32,36)/t23-,24-/m0/s1. The van der Waals surface area contributed by atoms with E-state index in [1.807, 2.05) is 60.7 Å². The molecule has 2 aromatic carbocycles. The maximum atomic E-state index is 12.8. The number of rotatable bonds is 13. The Labute approximate surface area is 222 Å². The third kappa shape index (κ3) is 10.2. The molecule has 0 aliphatic rings. The van der Waals surface area contributed by atoms with Gasteiger partial charge in [-0.2, -0.15) is 0 Å². The number of nitrogens with one attached hydrogen (secondary N) is 4. The predicted octanol–water partition coefficient (Wildman–Crippen LogP) is 3.31. The lowest BCUT2D eigenvalue weighted by Gasteiger charge is -2.30. The zero-order valence-corrected chi connectivity index (χ0v) is 21.6. The third-order valence-electron chi connectivity index (χ3n) is 5.16. The van der Waals surface area contributed by atoms with Gasteiger partial charge in [0.15, 0.2) is 0 Å². The number of carbonyl (C=O) groups is 4. The van der Waals surface area contributed by atoms with Gasteiger partial charge >= 0.3 is 24.0 Å². The fourth-order valence-corrected chi connectivity index (χ4v) is 3.29. The van der Waals surface area contributed by atoms with Crippen LogP contribution < -0.4 is 21.3 Å². The summed E-state index contributed by atoms with van der Waals surface area (Å²) in [6.45, 7) is 10.2. The first kappa shape index (κ1) is 29.6. The Morgan fingerprint density at radius 1 is 0.658 bits per heavy atom. The van der Waals surface area contributed by atoms with E-state index in [4.69, 9.17) is 9.47 Å². The van der Waals surface area contributed by atoms with Crippen molar-refractivity contribution in [3.05, 3.63) is 96.1 Å². The summed E-state index contributed by atoms with van der Waals surface area (Å²) in [6.07, 6.45) is 0. The minimum absolute atomic E-state index is 0.0200. The highest BCUT2D eigenvalue weighted by Gasteiger charge is 2.28. The molecule has 0 aromatic heterocycles. The summed E-state index contributed by atoms with van der Waals surface area (Å²) >= 11 is 0. The average Bonchev–Trinajstić information content (AvgIpc) is 2.91. The first-order valence-corrected chi connectivity index (χ1v) is 12.0. The van der Waals surface area contributed by atoms with Gasteiger partial charge in [-0.05, 0) is 25.0 Å². The Hall–Kier alpha value is -4.60. The molecule has 0 saturated heterocycles. The zero-order valence-electron chi connectivity index (χ0n) is 21.6. The molecule has 0 radical (unpaired) electrons. The van der Waals surface area contributed by atoms with Crippen molar-refractivity contribution in [2.75, 3.05) is 26.3 Å². The van der Waals surface area contributed by atoms with Crippen molar-refractivity contribution in [1.29, 1.82) is 0 Å². The summed E-state index contributed by atoms with van der Waals surface area (Å²) in [5, 5.41) is 11.1. The summed E-state index contributed by atoms with van der Waals surface area (Å²) in [5.41, 5.74) is 2.03. The number of hydrogen-bond donors (Lipinski definition) is 4. The van der Waals surface area contributed by atoms with Crippen molar-refractivity contribution in [2.45, 2.75) is 25.9 Å². The van der Waals surface area contributed by atoms with E-state index in [1.165, 1.54) is 13.8 Å². The van der Waals surface area contributed by atoms with E-state index in [9.17, 15) is 19.2 Å². The smallest absolute Gasteiger partial charge is 0.333 e. The molecule has 10 nitrogen and oxygen atoms in total. The number of hydrogen-bond acceptors (Lipinski definition) is 6. The molecule has 0 spiro atoms. The van der Waals surface area contributed by atoms with Gasteiger partial charge in [0.1, 0.15) is 13.2 Å². The zero-order chi connectivity index (χ0) is 27.9. The fourth-order valence-electron chi connectivity index (χ4n) is 3.29. The molecular weight excluding hydrogens is 488 g/mol. The predicted molar refractivity (Wildman–Crippen MR) is 143 cm³/mol. The topological polar surface area (TPSA) is 135 Å². The summed E-state index contributed by atoms with van der Waals surface area (Å²) in [5.74, 6) is -1.08. The maximum absolute atomic E-state index is 12.8. The molecule has 202 valence electrons. The van der Waals surface area contributed by atoms with Gasteiger partial charge in [-0.1, -0.05) is 73.8 Å². The summed E-state index contributed by atoms with van der Waals surface area (Å²) in [4.78, 5) is 48.6. The molecule has 2 atom stereocenters. The molecule has 0 fully saturated rings. The van der Waals surface area contributed by atoms with Crippen molar-refractivity contribution >= 4 is 24.0 Å². The molecule has 2 aromatic rings. The third-order valence-corrected chi connectivity index (χ3v) is 5.16. The Bertz CT molecular complexity index is 1030. The highest BCUT2D eigenvalue weighted by atomic mass is 16.5. The number of benzene rings is 2. The number of amides is 4. The highest BCUT2D eigenvalue weighted by Crippen LogP contribution is 2.29. The molecule has 0 aliphatic heterocycles. The molecule has 10 heteroatoms. The molecule has 0 bridgehead atoms. The van der Waals surface area contributed by atoms with Gasteiger partial charge in [-0.3, -0.25) is 0 Å². The monoisotopic (exact) mass is 522 g/mol. The van der Waals surface area contributed by atoms with Crippen LogP contribution in [0.1, 0.15) is 37.1 Å². The fraction of sp³-hybridized carbons (Fsp3) is 0.286. The quantitative estimate of drug-likeness (QED) is 0.181. The summed E-state index contributed by atoms with van der Waals surface area (Å²) in [6, 6.07) is 16.0. The number of urea groups is 2. The van der Waals surface area contributed by atoms with Crippen LogP contribution >= 0.6 is 0 Å². The van der Waals surface area contributed by atoms with Gasteiger partial charge in [0, 0.05) is 11.1 Å². The van der Waals surface area contributed by atoms with Gasteiger partial charge in [0.2, 0.25) is 0 Å². The van der Waals surface area contributed by atoms with Crippen LogP contribution in [-0.4, -0.2) is 50.3 Å². The number of esters is 2. The first-order chi connectivity index (χ1) is 18.2. The molecule has 4 amide bonds. The largest absolute Gasteiger partial charge is 0.460 e. The minimum atomic E-state index is -0.663. The van der Waals surface area contributed by atoms with Crippen LogP contribution in [0.2, 0.25) is 0 Å². The lowest BCUT2D eigenvalue weighted by molar-refractivity contribution is -0.139. The van der Waals surface area contributed by atoms with Gasteiger partial charge in [0.05, 0.1) is 25.2 Å². The van der Waals surface area contributed by atoms with Gasteiger partial charge < -0.3 is 30.7 Å². The van der Waals surface area contributed by atoms with Crippen LogP contribution in [-0.2, 0) is 19.1 Å². The van der Waals surface area contributed by atoms with Crippen LogP contribution in [0.25, 0.3) is 0 Å². The van der Waals surface area contributed by atoms with E-state index in [2.05, 4.69) is 34.4 Å². The Morgan fingerprint density at radius 2 is 1.00 bits per heavy atom.